The molecular formula is C16H19N3O2S. The molecule has 116 valence electrons. The Balaban J connectivity index is 1.51. The summed E-state index contributed by atoms with van der Waals surface area (Å²) in [6.07, 6.45) is 8.59. The van der Waals surface area contributed by atoms with Gasteiger partial charge in [-0.25, -0.2) is 0 Å². The van der Waals surface area contributed by atoms with Gasteiger partial charge in [0, 0.05) is 6.04 Å². The van der Waals surface area contributed by atoms with E-state index in [1.54, 1.807) is 24.4 Å². The molecule has 1 aromatic carbocycles. The number of hydrogen-bond donors (Lipinski definition) is 3. The van der Waals surface area contributed by atoms with Crippen LogP contribution in [0.1, 0.15) is 18.4 Å². The van der Waals surface area contributed by atoms with Crippen molar-refractivity contribution in [3.8, 4) is 11.5 Å². The van der Waals surface area contributed by atoms with Crippen LogP contribution in [0.25, 0.3) is 0 Å². The summed E-state index contributed by atoms with van der Waals surface area (Å²) < 4.78 is 5.05. The SMILES string of the molecule is COc1cc(/C=N/NC(=S)NC2CC3C=CC2C3)ccc1O. The molecule has 0 aromatic heterocycles. The van der Waals surface area contributed by atoms with Gasteiger partial charge >= 0.3 is 0 Å². The molecule has 0 radical (unpaired) electrons. The summed E-state index contributed by atoms with van der Waals surface area (Å²) in [5.41, 5.74) is 3.64. The molecule has 3 unspecified atom stereocenters. The van der Waals surface area contributed by atoms with Crippen LogP contribution in [-0.4, -0.2) is 29.6 Å². The van der Waals surface area contributed by atoms with E-state index in [4.69, 9.17) is 17.0 Å². The number of thiocarbonyl (C=S) groups is 1. The first-order chi connectivity index (χ1) is 10.7. The molecule has 0 saturated heterocycles. The van der Waals surface area contributed by atoms with E-state index in [2.05, 4.69) is 28.0 Å². The van der Waals surface area contributed by atoms with Crippen LogP contribution in [0.3, 0.4) is 0 Å². The minimum Gasteiger partial charge on any atom is -0.504 e. The van der Waals surface area contributed by atoms with Crippen LogP contribution in [0.5, 0.6) is 11.5 Å². The number of nitrogens with zero attached hydrogens (tertiary/aromatic N) is 1. The number of nitrogens with one attached hydrogen (secondary N) is 2. The fraction of sp³-hybridized carbons (Fsp3) is 0.375. The Kier molecular flexibility index (Phi) is 4.29. The maximum absolute atomic E-state index is 9.54. The molecule has 0 heterocycles. The van der Waals surface area contributed by atoms with E-state index in [1.807, 2.05) is 0 Å². The molecule has 0 amide bonds. The monoisotopic (exact) mass is 317 g/mol. The summed E-state index contributed by atoms with van der Waals surface area (Å²) >= 11 is 5.27. The van der Waals surface area contributed by atoms with Crippen LogP contribution < -0.4 is 15.5 Å². The molecule has 6 heteroatoms. The topological polar surface area (TPSA) is 65.9 Å². The van der Waals surface area contributed by atoms with E-state index >= 15 is 0 Å². The van der Waals surface area contributed by atoms with Gasteiger partial charge in [-0.05, 0) is 60.7 Å². The van der Waals surface area contributed by atoms with Gasteiger partial charge in [0.2, 0.25) is 0 Å². The first-order valence-corrected chi connectivity index (χ1v) is 7.71. The van der Waals surface area contributed by atoms with Crippen LogP contribution in [-0.2, 0) is 0 Å². The van der Waals surface area contributed by atoms with Crippen molar-refractivity contribution < 1.29 is 9.84 Å². The summed E-state index contributed by atoms with van der Waals surface area (Å²) in [5.74, 6) is 1.82. The second-order valence-electron chi connectivity index (χ2n) is 5.66. The number of fused-ring (bicyclic) bond motifs is 2. The van der Waals surface area contributed by atoms with Gasteiger partial charge in [-0.1, -0.05) is 12.2 Å². The number of benzene rings is 1. The van der Waals surface area contributed by atoms with Gasteiger partial charge in [-0.2, -0.15) is 5.10 Å². The Morgan fingerprint density at radius 2 is 2.27 bits per heavy atom. The standard InChI is InChI=1S/C16H19N3O2S/c1-21-15-8-11(3-5-14(15)20)9-17-19-16(22)18-13-7-10-2-4-12(13)6-10/h2-5,8-10,12-13,20H,6-7H2,1H3,(H2,18,19,22)/b17-9+. The summed E-state index contributed by atoms with van der Waals surface area (Å²) in [4.78, 5) is 0. The second kappa shape index (κ2) is 6.36. The van der Waals surface area contributed by atoms with Crippen molar-refractivity contribution in [2.75, 3.05) is 7.11 Å². The third-order valence-corrected chi connectivity index (χ3v) is 4.39. The van der Waals surface area contributed by atoms with Crippen molar-refractivity contribution in [1.29, 1.82) is 0 Å². The number of rotatable bonds is 4. The highest BCUT2D eigenvalue weighted by atomic mass is 32.1. The molecule has 5 nitrogen and oxygen atoms in total. The average molecular weight is 317 g/mol. The van der Waals surface area contributed by atoms with Gasteiger partial charge in [-0.3, -0.25) is 5.43 Å². The zero-order chi connectivity index (χ0) is 15.5. The molecule has 3 atom stereocenters. The van der Waals surface area contributed by atoms with E-state index in [0.717, 1.165) is 12.0 Å². The lowest BCUT2D eigenvalue weighted by Gasteiger charge is -2.20. The number of hydrogen-bond acceptors (Lipinski definition) is 4. The maximum Gasteiger partial charge on any atom is 0.187 e. The van der Waals surface area contributed by atoms with Crippen LogP contribution >= 0.6 is 12.2 Å². The lowest BCUT2D eigenvalue weighted by Crippen LogP contribution is -2.42. The van der Waals surface area contributed by atoms with E-state index in [-0.39, 0.29) is 5.75 Å². The minimum absolute atomic E-state index is 0.106. The van der Waals surface area contributed by atoms with Gasteiger partial charge in [0.15, 0.2) is 16.6 Å². The molecule has 22 heavy (non-hydrogen) atoms. The van der Waals surface area contributed by atoms with Gasteiger partial charge in [0.25, 0.3) is 0 Å². The van der Waals surface area contributed by atoms with Crippen molar-refractivity contribution in [1.82, 2.24) is 10.7 Å². The summed E-state index contributed by atoms with van der Waals surface area (Å²) in [7, 11) is 1.51. The first kappa shape index (κ1) is 14.8. The fourth-order valence-electron chi connectivity index (χ4n) is 3.09. The molecule has 1 saturated carbocycles. The van der Waals surface area contributed by atoms with Crippen LogP contribution in [0.15, 0.2) is 35.5 Å². The largest absolute Gasteiger partial charge is 0.504 e. The Bertz CT molecular complexity index is 630. The lowest BCUT2D eigenvalue weighted by atomic mass is 10.0. The zero-order valence-corrected chi connectivity index (χ0v) is 13.1. The normalized spacial score (nSPS) is 25.6. The number of hydrazone groups is 1. The molecule has 1 aromatic rings. The number of methoxy groups -OCH3 is 1. The Morgan fingerprint density at radius 1 is 1.41 bits per heavy atom. The van der Waals surface area contributed by atoms with Crippen LogP contribution in [0, 0.1) is 11.8 Å². The van der Waals surface area contributed by atoms with Crippen molar-refractivity contribution in [2.45, 2.75) is 18.9 Å². The minimum atomic E-state index is 0.106. The van der Waals surface area contributed by atoms with E-state index in [1.165, 1.54) is 13.5 Å². The molecule has 3 rings (SSSR count). The Hall–Kier alpha value is -2.08. The third-order valence-electron chi connectivity index (χ3n) is 4.18. The second-order valence-corrected chi connectivity index (χ2v) is 6.07. The third kappa shape index (κ3) is 3.22. The first-order valence-electron chi connectivity index (χ1n) is 7.30. The van der Waals surface area contributed by atoms with Crippen molar-refractivity contribution in [3.63, 3.8) is 0 Å². The van der Waals surface area contributed by atoms with Crippen molar-refractivity contribution in [2.24, 2.45) is 16.9 Å². The van der Waals surface area contributed by atoms with Crippen molar-refractivity contribution in [3.05, 3.63) is 35.9 Å². The lowest BCUT2D eigenvalue weighted by molar-refractivity contribution is 0.373. The molecule has 2 aliphatic rings. The highest BCUT2D eigenvalue weighted by molar-refractivity contribution is 7.80. The van der Waals surface area contributed by atoms with Gasteiger partial charge in [-0.15, -0.1) is 0 Å². The molecule has 1 fully saturated rings. The molecule has 2 aliphatic carbocycles. The number of phenolic OH excluding ortho intramolecular Hbond substituents is 1. The predicted molar refractivity (Wildman–Crippen MR) is 90.3 cm³/mol. The average Bonchev–Trinajstić information content (AvgIpc) is 3.11. The Labute approximate surface area is 135 Å². The molecule has 0 aliphatic heterocycles. The van der Waals surface area contributed by atoms with Crippen molar-refractivity contribution >= 4 is 23.5 Å². The number of aromatic hydroxyl groups is 1. The van der Waals surface area contributed by atoms with E-state index in [9.17, 15) is 5.11 Å². The van der Waals surface area contributed by atoms with Gasteiger partial charge < -0.3 is 15.2 Å². The quantitative estimate of drug-likeness (QED) is 0.344. The van der Waals surface area contributed by atoms with E-state index in [0.29, 0.717) is 28.7 Å². The summed E-state index contributed by atoms with van der Waals surface area (Å²) in [6.45, 7) is 0. The molecule has 3 N–H and O–H groups in total. The smallest absolute Gasteiger partial charge is 0.187 e. The Morgan fingerprint density at radius 3 is 2.95 bits per heavy atom. The summed E-state index contributed by atoms with van der Waals surface area (Å²) in [6, 6.07) is 5.44. The van der Waals surface area contributed by atoms with Crippen LogP contribution in [0.2, 0.25) is 0 Å². The highest BCUT2D eigenvalue weighted by Gasteiger charge is 2.35. The number of ether oxygens (including phenoxy) is 1. The maximum atomic E-state index is 9.54. The molecule has 2 bridgehead atoms. The summed E-state index contributed by atoms with van der Waals surface area (Å²) in [5, 5.41) is 17.5. The van der Waals surface area contributed by atoms with Gasteiger partial charge in [0.05, 0.1) is 13.3 Å². The zero-order valence-electron chi connectivity index (χ0n) is 12.3. The number of phenols is 1. The number of allylic oxidation sites excluding steroid dienone is 1. The van der Waals surface area contributed by atoms with Crippen LogP contribution in [0.4, 0.5) is 0 Å². The molecular weight excluding hydrogens is 298 g/mol. The fourth-order valence-corrected chi connectivity index (χ4v) is 3.29. The molecule has 0 spiro atoms. The van der Waals surface area contributed by atoms with Gasteiger partial charge in [0.1, 0.15) is 0 Å². The highest BCUT2D eigenvalue weighted by Crippen LogP contribution is 2.38. The predicted octanol–water partition coefficient (Wildman–Crippen LogP) is 2.16. The van der Waals surface area contributed by atoms with E-state index < -0.39 is 0 Å².